The highest BCUT2D eigenvalue weighted by atomic mass is 16.5. The maximum Gasteiger partial charge on any atom is 0.411 e. The van der Waals surface area contributed by atoms with Crippen molar-refractivity contribution >= 4 is 29.3 Å². The highest BCUT2D eigenvalue weighted by molar-refractivity contribution is 5.98. The molecule has 9 nitrogen and oxygen atoms in total. The lowest BCUT2D eigenvalue weighted by molar-refractivity contribution is -0.129. The molecule has 5 rings (SSSR count). The first-order valence-corrected chi connectivity index (χ1v) is 14.3. The van der Waals surface area contributed by atoms with Gasteiger partial charge in [-0.3, -0.25) is 24.8 Å². The van der Waals surface area contributed by atoms with Gasteiger partial charge >= 0.3 is 6.09 Å². The summed E-state index contributed by atoms with van der Waals surface area (Å²) >= 11 is 0. The van der Waals surface area contributed by atoms with Gasteiger partial charge in [-0.1, -0.05) is 25.8 Å². The number of ether oxygens (including phenoxy) is 1. The molecule has 40 heavy (non-hydrogen) atoms. The van der Waals surface area contributed by atoms with Crippen LogP contribution >= 0.6 is 0 Å². The average Bonchev–Trinajstić information content (AvgIpc) is 2.95. The molecular formula is C31H39N5O4. The van der Waals surface area contributed by atoms with Crippen LogP contribution in [0.5, 0.6) is 0 Å². The number of anilines is 2. The zero-order valence-corrected chi connectivity index (χ0v) is 23.6. The molecule has 212 valence electrons. The number of nitrogens with one attached hydrogen (secondary N) is 2. The van der Waals surface area contributed by atoms with Gasteiger partial charge in [-0.2, -0.15) is 0 Å². The largest absolute Gasteiger partial charge is 0.453 e. The highest BCUT2D eigenvalue weighted by Gasteiger charge is 2.32. The molecule has 1 saturated heterocycles. The lowest BCUT2D eigenvalue weighted by Gasteiger charge is -2.39. The average molecular weight is 546 g/mol. The van der Waals surface area contributed by atoms with Gasteiger partial charge in [0, 0.05) is 42.0 Å². The Hall–Kier alpha value is -3.72. The number of aromatic nitrogens is 1. The summed E-state index contributed by atoms with van der Waals surface area (Å²) < 4.78 is 4.72. The van der Waals surface area contributed by atoms with E-state index in [4.69, 9.17) is 9.72 Å². The van der Waals surface area contributed by atoms with Crippen LogP contribution in [0.15, 0.2) is 48.2 Å². The minimum absolute atomic E-state index is 0.0502. The summed E-state index contributed by atoms with van der Waals surface area (Å²) in [5.41, 5.74) is 4.90. The Bertz CT molecular complexity index is 1310. The van der Waals surface area contributed by atoms with E-state index in [-0.39, 0.29) is 23.8 Å². The quantitative estimate of drug-likeness (QED) is 0.538. The standard InChI is InChI=1S/C31H39N5O4/c1-20-7-6-9-28(36-16-13-22(18-29(36)37)27-8-4-5-15-35(27)2)26-17-21(12-14-32-26)24-11-10-23(33-31(39)40-3)19-25(24)34-30(20)38/h10-12,14,17-20,27-28H,4-9,13,15-16H2,1-3H3,(H,33,39)(H,34,38)/t20-,27?,28+/m1/s1. The molecule has 0 radical (unpaired) electrons. The highest BCUT2D eigenvalue weighted by Crippen LogP contribution is 2.37. The molecule has 3 aliphatic heterocycles. The van der Waals surface area contributed by atoms with Crippen LogP contribution in [-0.2, 0) is 14.3 Å². The van der Waals surface area contributed by atoms with Gasteiger partial charge in [0.25, 0.3) is 0 Å². The van der Waals surface area contributed by atoms with Gasteiger partial charge in [0.1, 0.15) is 0 Å². The first-order chi connectivity index (χ1) is 19.3. The number of likely N-dealkylation sites (tertiary alicyclic amines) is 1. The zero-order valence-electron chi connectivity index (χ0n) is 23.6. The fraction of sp³-hybridized carbons (Fsp3) is 0.484. The molecule has 3 atom stereocenters. The number of rotatable bonds is 3. The number of benzene rings is 1. The predicted octanol–water partition coefficient (Wildman–Crippen LogP) is 5.37. The Morgan fingerprint density at radius 2 is 1.88 bits per heavy atom. The molecule has 0 aliphatic carbocycles. The molecule has 4 heterocycles. The fourth-order valence-corrected chi connectivity index (χ4v) is 6.20. The number of hydrogen-bond acceptors (Lipinski definition) is 6. The van der Waals surface area contributed by atoms with Crippen molar-refractivity contribution in [3.8, 4) is 11.1 Å². The number of carbonyl (C=O) groups is 3. The molecule has 3 aliphatic rings. The molecule has 3 amide bonds. The third-order valence-electron chi connectivity index (χ3n) is 8.51. The minimum atomic E-state index is -0.583. The summed E-state index contributed by atoms with van der Waals surface area (Å²) in [4.78, 5) is 47.6. The van der Waals surface area contributed by atoms with Crippen molar-refractivity contribution in [2.75, 3.05) is 37.9 Å². The Kier molecular flexibility index (Phi) is 8.49. The normalized spacial score (nSPS) is 24.1. The summed E-state index contributed by atoms with van der Waals surface area (Å²) in [5.74, 6) is -0.253. The molecule has 2 bridgehead atoms. The van der Waals surface area contributed by atoms with Crippen LogP contribution in [0, 0.1) is 5.92 Å². The van der Waals surface area contributed by atoms with Gasteiger partial charge in [-0.05, 0) is 81.1 Å². The Morgan fingerprint density at radius 3 is 2.65 bits per heavy atom. The van der Waals surface area contributed by atoms with Crippen molar-refractivity contribution in [3.63, 3.8) is 0 Å². The molecule has 1 aromatic carbocycles. The first-order valence-electron chi connectivity index (χ1n) is 14.3. The van der Waals surface area contributed by atoms with E-state index in [0.29, 0.717) is 30.4 Å². The van der Waals surface area contributed by atoms with E-state index in [9.17, 15) is 14.4 Å². The SMILES string of the molecule is COC(=O)Nc1ccc2c(c1)NC(=O)[C@H](C)CCC[C@H](N1CCC(C3CCCCN3C)=CC1=O)c1cc-2ccn1. The summed E-state index contributed by atoms with van der Waals surface area (Å²) in [6.45, 7) is 3.67. The van der Waals surface area contributed by atoms with Crippen LogP contribution < -0.4 is 10.6 Å². The molecule has 2 aromatic rings. The number of carbonyl (C=O) groups excluding carboxylic acids is 3. The number of hydrogen-bond donors (Lipinski definition) is 2. The van der Waals surface area contributed by atoms with E-state index < -0.39 is 6.09 Å². The van der Waals surface area contributed by atoms with E-state index in [0.717, 1.165) is 49.0 Å². The van der Waals surface area contributed by atoms with Crippen LogP contribution in [0.4, 0.5) is 16.2 Å². The summed E-state index contributed by atoms with van der Waals surface area (Å²) in [6.07, 6.45) is 9.67. The summed E-state index contributed by atoms with van der Waals surface area (Å²) in [5, 5.41) is 5.73. The van der Waals surface area contributed by atoms with Crippen LogP contribution in [0.25, 0.3) is 11.1 Å². The third kappa shape index (κ3) is 6.04. The second-order valence-electron chi connectivity index (χ2n) is 11.2. The van der Waals surface area contributed by atoms with Crippen LogP contribution in [0.2, 0.25) is 0 Å². The second-order valence-corrected chi connectivity index (χ2v) is 11.2. The topological polar surface area (TPSA) is 104 Å². The van der Waals surface area contributed by atoms with Crippen LogP contribution in [-0.4, -0.2) is 66.0 Å². The number of methoxy groups -OCH3 is 1. The van der Waals surface area contributed by atoms with Gasteiger partial charge in [-0.25, -0.2) is 4.79 Å². The summed E-state index contributed by atoms with van der Waals surface area (Å²) in [6, 6.07) is 9.49. The van der Waals surface area contributed by atoms with E-state index in [1.165, 1.54) is 25.5 Å². The predicted molar refractivity (Wildman–Crippen MR) is 155 cm³/mol. The number of likely N-dealkylation sites (N-methyl/N-ethyl adjacent to an activating group) is 1. The molecule has 9 heteroatoms. The molecular weight excluding hydrogens is 506 g/mol. The molecule has 1 fully saturated rings. The van der Waals surface area contributed by atoms with Gasteiger partial charge in [0.2, 0.25) is 11.8 Å². The van der Waals surface area contributed by atoms with E-state index in [2.05, 4.69) is 22.6 Å². The minimum Gasteiger partial charge on any atom is -0.453 e. The van der Waals surface area contributed by atoms with Crippen LogP contribution in [0.1, 0.15) is 63.6 Å². The van der Waals surface area contributed by atoms with Crippen LogP contribution in [0.3, 0.4) is 0 Å². The molecule has 2 N–H and O–H groups in total. The third-order valence-corrected chi connectivity index (χ3v) is 8.51. The smallest absolute Gasteiger partial charge is 0.411 e. The van der Waals surface area contributed by atoms with Gasteiger partial charge < -0.3 is 15.0 Å². The van der Waals surface area contributed by atoms with E-state index in [1.807, 2.05) is 36.1 Å². The molecule has 1 aromatic heterocycles. The summed E-state index contributed by atoms with van der Waals surface area (Å²) in [7, 11) is 3.47. The number of nitrogens with zero attached hydrogens (tertiary/aromatic N) is 3. The Labute approximate surface area is 236 Å². The second kappa shape index (κ2) is 12.2. The van der Waals surface area contributed by atoms with E-state index in [1.54, 1.807) is 18.3 Å². The monoisotopic (exact) mass is 545 g/mol. The number of pyridine rings is 1. The lowest BCUT2D eigenvalue weighted by Crippen LogP contribution is -2.43. The van der Waals surface area contributed by atoms with Gasteiger partial charge in [0.15, 0.2) is 0 Å². The lowest BCUT2D eigenvalue weighted by atomic mass is 9.90. The Balaban J connectivity index is 1.48. The maximum atomic E-state index is 13.6. The number of piperidine rings is 1. The maximum absolute atomic E-state index is 13.6. The molecule has 1 unspecified atom stereocenters. The van der Waals surface area contributed by atoms with Crippen molar-refractivity contribution < 1.29 is 19.1 Å². The van der Waals surface area contributed by atoms with Crippen molar-refractivity contribution in [3.05, 3.63) is 53.9 Å². The van der Waals surface area contributed by atoms with Crippen molar-refractivity contribution in [2.24, 2.45) is 5.92 Å². The van der Waals surface area contributed by atoms with Crippen molar-refractivity contribution in [1.82, 2.24) is 14.8 Å². The van der Waals surface area contributed by atoms with Crippen molar-refractivity contribution in [1.29, 1.82) is 0 Å². The molecule has 0 saturated carbocycles. The van der Waals surface area contributed by atoms with Gasteiger partial charge in [-0.15, -0.1) is 0 Å². The van der Waals surface area contributed by atoms with Gasteiger partial charge in [0.05, 0.1) is 24.5 Å². The Morgan fingerprint density at radius 1 is 1.05 bits per heavy atom. The molecule has 0 spiro atoms. The first kappa shape index (κ1) is 27.8. The van der Waals surface area contributed by atoms with Crippen molar-refractivity contribution in [2.45, 2.75) is 64.0 Å². The zero-order chi connectivity index (χ0) is 28.2. The number of amides is 3. The number of fused-ring (bicyclic) bond motifs is 4. The van der Waals surface area contributed by atoms with E-state index >= 15 is 0 Å². The fourth-order valence-electron chi connectivity index (χ4n) is 6.20.